The molecule has 19 heavy (non-hydrogen) atoms. The van der Waals surface area contributed by atoms with Crippen LogP contribution in [-0.4, -0.2) is 11.1 Å². The zero-order valence-corrected chi connectivity index (χ0v) is 13.1. The Hall–Kier alpha value is -0.530. The lowest BCUT2D eigenvalue weighted by atomic mass is 10.0. The highest BCUT2D eigenvalue weighted by molar-refractivity contribution is 5.66. The van der Waals surface area contributed by atoms with Crippen LogP contribution in [0.3, 0.4) is 0 Å². The first kappa shape index (κ1) is 18.5. The molecule has 0 spiro atoms. The van der Waals surface area contributed by atoms with Gasteiger partial charge in [-0.05, 0) is 12.3 Å². The Labute approximate surface area is 120 Å². The Balaban J connectivity index is 2.97. The first-order chi connectivity index (χ1) is 9.13. The van der Waals surface area contributed by atoms with Crippen molar-refractivity contribution in [2.45, 2.75) is 97.3 Å². The molecule has 0 aromatic rings. The molecule has 0 saturated carbocycles. The molecule has 114 valence electrons. The van der Waals surface area contributed by atoms with Crippen LogP contribution in [-0.2, 0) is 4.79 Å². The van der Waals surface area contributed by atoms with Gasteiger partial charge in [-0.1, -0.05) is 84.5 Å². The van der Waals surface area contributed by atoms with Crippen LogP contribution < -0.4 is 0 Å². The van der Waals surface area contributed by atoms with Gasteiger partial charge in [0.1, 0.15) is 0 Å². The molecule has 0 rings (SSSR count). The zero-order valence-electron chi connectivity index (χ0n) is 13.1. The van der Waals surface area contributed by atoms with Gasteiger partial charge in [-0.2, -0.15) is 0 Å². The van der Waals surface area contributed by atoms with Gasteiger partial charge in [0.2, 0.25) is 0 Å². The van der Waals surface area contributed by atoms with E-state index in [-0.39, 0.29) is 0 Å². The molecule has 0 bridgehead atoms. The fraction of sp³-hybridized carbons (Fsp3) is 0.941. The van der Waals surface area contributed by atoms with Gasteiger partial charge in [-0.3, -0.25) is 4.79 Å². The van der Waals surface area contributed by atoms with Crippen molar-refractivity contribution in [1.29, 1.82) is 0 Å². The summed E-state index contributed by atoms with van der Waals surface area (Å²) in [6, 6.07) is 0. The minimum atomic E-state index is -0.655. The molecule has 2 heteroatoms. The van der Waals surface area contributed by atoms with Crippen LogP contribution in [0.15, 0.2) is 0 Å². The second-order valence-electron chi connectivity index (χ2n) is 6.22. The van der Waals surface area contributed by atoms with Gasteiger partial charge in [0.15, 0.2) is 0 Å². The van der Waals surface area contributed by atoms with Gasteiger partial charge < -0.3 is 5.11 Å². The van der Waals surface area contributed by atoms with E-state index in [2.05, 4.69) is 13.8 Å². The predicted octanol–water partition coefficient (Wildman–Crippen LogP) is 5.80. The van der Waals surface area contributed by atoms with Crippen LogP contribution in [0.2, 0.25) is 0 Å². The molecule has 1 N–H and O–H groups in total. The molecule has 0 atom stereocenters. The van der Waals surface area contributed by atoms with Crippen molar-refractivity contribution in [2.24, 2.45) is 5.92 Å². The molecule has 0 radical (unpaired) electrons. The Morgan fingerprint density at radius 2 is 1.11 bits per heavy atom. The highest BCUT2D eigenvalue weighted by atomic mass is 16.4. The van der Waals surface area contributed by atoms with Gasteiger partial charge in [-0.15, -0.1) is 0 Å². The van der Waals surface area contributed by atoms with Gasteiger partial charge in [0, 0.05) is 6.42 Å². The van der Waals surface area contributed by atoms with E-state index in [9.17, 15) is 4.79 Å². The van der Waals surface area contributed by atoms with Crippen molar-refractivity contribution in [2.75, 3.05) is 0 Å². The lowest BCUT2D eigenvalue weighted by Crippen LogP contribution is -1.93. The smallest absolute Gasteiger partial charge is 0.303 e. The average molecular weight is 270 g/mol. The maximum atomic E-state index is 10.3. The SMILES string of the molecule is CC(C)CCCCCCCCCCCCCC(=O)O. The van der Waals surface area contributed by atoms with Crippen LogP contribution in [0.1, 0.15) is 97.3 Å². The maximum Gasteiger partial charge on any atom is 0.303 e. The summed E-state index contributed by atoms with van der Waals surface area (Å²) in [6.07, 6.45) is 15.9. The highest BCUT2D eigenvalue weighted by Gasteiger charge is 1.97. The van der Waals surface area contributed by atoms with Crippen LogP contribution in [0, 0.1) is 5.92 Å². The summed E-state index contributed by atoms with van der Waals surface area (Å²) in [5, 5.41) is 8.51. The normalized spacial score (nSPS) is 11.1. The van der Waals surface area contributed by atoms with Gasteiger partial charge >= 0.3 is 5.97 Å². The quantitative estimate of drug-likeness (QED) is 0.405. The van der Waals surface area contributed by atoms with Crippen molar-refractivity contribution < 1.29 is 9.90 Å². The fourth-order valence-corrected chi connectivity index (χ4v) is 2.42. The largest absolute Gasteiger partial charge is 0.481 e. The summed E-state index contributed by atoms with van der Waals surface area (Å²) < 4.78 is 0. The van der Waals surface area contributed by atoms with Crippen LogP contribution in [0.5, 0.6) is 0 Å². The number of carbonyl (C=O) groups is 1. The standard InChI is InChI=1S/C17H34O2/c1-16(2)14-12-10-8-6-4-3-5-7-9-11-13-15-17(18)19/h16H,3-15H2,1-2H3,(H,18,19). The Bertz CT molecular complexity index is 199. The molecule has 0 heterocycles. The number of carboxylic acid groups (broad SMARTS) is 1. The second kappa shape index (κ2) is 13.9. The van der Waals surface area contributed by atoms with Crippen molar-refractivity contribution in [1.82, 2.24) is 0 Å². The Kier molecular flexibility index (Phi) is 13.5. The number of rotatable bonds is 14. The summed E-state index contributed by atoms with van der Waals surface area (Å²) in [5.74, 6) is 0.207. The third-order valence-electron chi connectivity index (χ3n) is 3.67. The van der Waals surface area contributed by atoms with Crippen LogP contribution in [0.4, 0.5) is 0 Å². The van der Waals surface area contributed by atoms with E-state index in [0.717, 1.165) is 18.8 Å². The summed E-state index contributed by atoms with van der Waals surface area (Å²) in [5.41, 5.74) is 0. The maximum absolute atomic E-state index is 10.3. The van der Waals surface area contributed by atoms with E-state index in [4.69, 9.17) is 5.11 Å². The Morgan fingerprint density at radius 1 is 0.737 bits per heavy atom. The first-order valence-electron chi connectivity index (χ1n) is 8.34. The molecule has 0 aromatic heterocycles. The molecule has 0 aliphatic carbocycles. The zero-order chi connectivity index (χ0) is 14.3. The summed E-state index contributed by atoms with van der Waals surface area (Å²) in [7, 11) is 0. The topological polar surface area (TPSA) is 37.3 Å². The van der Waals surface area contributed by atoms with Crippen LogP contribution >= 0.6 is 0 Å². The lowest BCUT2D eigenvalue weighted by Gasteiger charge is -2.04. The van der Waals surface area contributed by atoms with E-state index >= 15 is 0 Å². The van der Waals surface area contributed by atoms with E-state index in [1.165, 1.54) is 64.2 Å². The van der Waals surface area contributed by atoms with Crippen LogP contribution in [0.25, 0.3) is 0 Å². The van der Waals surface area contributed by atoms with Gasteiger partial charge in [0.25, 0.3) is 0 Å². The molecule has 0 aromatic carbocycles. The van der Waals surface area contributed by atoms with Crippen molar-refractivity contribution in [3.8, 4) is 0 Å². The third-order valence-corrected chi connectivity index (χ3v) is 3.67. The number of carboxylic acids is 1. The first-order valence-corrected chi connectivity index (χ1v) is 8.34. The van der Waals surface area contributed by atoms with Crippen molar-refractivity contribution in [3.05, 3.63) is 0 Å². The molecule has 0 saturated heterocycles. The van der Waals surface area contributed by atoms with Gasteiger partial charge in [-0.25, -0.2) is 0 Å². The highest BCUT2D eigenvalue weighted by Crippen LogP contribution is 2.13. The minimum absolute atomic E-state index is 0.344. The molecule has 2 nitrogen and oxygen atoms in total. The number of aliphatic carboxylic acids is 1. The monoisotopic (exact) mass is 270 g/mol. The number of hydrogen-bond donors (Lipinski definition) is 1. The minimum Gasteiger partial charge on any atom is -0.481 e. The molecular weight excluding hydrogens is 236 g/mol. The summed E-state index contributed by atoms with van der Waals surface area (Å²) in [4.78, 5) is 10.3. The van der Waals surface area contributed by atoms with Crippen molar-refractivity contribution in [3.63, 3.8) is 0 Å². The number of unbranched alkanes of at least 4 members (excludes halogenated alkanes) is 10. The van der Waals surface area contributed by atoms with Gasteiger partial charge in [0.05, 0.1) is 0 Å². The summed E-state index contributed by atoms with van der Waals surface area (Å²) >= 11 is 0. The fourth-order valence-electron chi connectivity index (χ4n) is 2.42. The molecule has 0 aliphatic heterocycles. The summed E-state index contributed by atoms with van der Waals surface area (Å²) in [6.45, 7) is 4.60. The van der Waals surface area contributed by atoms with E-state index in [1.807, 2.05) is 0 Å². The average Bonchev–Trinajstić information content (AvgIpc) is 2.34. The predicted molar refractivity (Wildman–Crippen MR) is 82.5 cm³/mol. The van der Waals surface area contributed by atoms with E-state index < -0.39 is 5.97 Å². The Morgan fingerprint density at radius 3 is 1.47 bits per heavy atom. The van der Waals surface area contributed by atoms with Crippen molar-refractivity contribution >= 4 is 5.97 Å². The lowest BCUT2D eigenvalue weighted by molar-refractivity contribution is -0.137. The third kappa shape index (κ3) is 17.5. The molecular formula is C17H34O2. The van der Waals surface area contributed by atoms with E-state index in [0.29, 0.717) is 6.42 Å². The van der Waals surface area contributed by atoms with E-state index in [1.54, 1.807) is 0 Å². The molecule has 0 unspecified atom stereocenters. The molecule has 0 aliphatic rings. The molecule has 0 amide bonds. The molecule has 0 fully saturated rings. The second-order valence-corrected chi connectivity index (χ2v) is 6.22. The number of hydrogen-bond acceptors (Lipinski definition) is 1.